The average molecular weight is 145 g/mol. The topological polar surface area (TPSA) is 23.5 Å². The van der Waals surface area contributed by atoms with Gasteiger partial charge in [0.25, 0.3) is 0 Å². The second kappa shape index (κ2) is 4.69. The Bertz CT molecular complexity index is 83.3. The third-order valence-corrected chi connectivity index (χ3v) is 1.94. The maximum atomic E-state index is 9.45. The van der Waals surface area contributed by atoms with E-state index in [9.17, 15) is 5.11 Å². The number of aliphatic hydroxyl groups is 1. The lowest BCUT2D eigenvalue weighted by molar-refractivity contribution is 0.0708. The smallest absolute Gasteiger partial charge is 0.0692 e. The molecule has 0 aromatic heterocycles. The molecule has 0 aliphatic rings. The lowest BCUT2D eigenvalue weighted by atomic mass is 10.1. The largest absolute Gasteiger partial charge is 0.392 e. The number of rotatable bonds is 4. The third kappa shape index (κ3) is 2.67. The third-order valence-electron chi connectivity index (χ3n) is 1.94. The maximum Gasteiger partial charge on any atom is 0.0692 e. The molecule has 2 atom stereocenters. The van der Waals surface area contributed by atoms with E-state index in [2.05, 4.69) is 11.8 Å². The van der Waals surface area contributed by atoms with Crippen molar-refractivity contribution in [2.75, 3.05) is 14.1 Å². The highest BCUT2D eigenvalue weighted by molar-refractivity contribution is 4.71. The molecule has 0 rings (SSSR count). The Hall–Kier alpha value is -0.0800. The summed E-state index contributed by atoms with van der Waals surface area (Å²) < 4.78 is 0. The molecule has 0 fully saturated rings. The fourth-order valence-electron chi connectivity index (χ4n) is 1.25. The van der Waals surface area contributed by atoms with Crippen molar-refractivity contribution in [3.05, 3.63) is 0 Å². The highest BCUT2D eigenvalue weighted by Crippen LogP contribution is 2.07. The summed E-state index contributed by atoms with van der Waals surface area (Å²) >= 11 is 0. The van der Waals surface area contributed by atoms with Crippen molar-refractivity contribution in [1.82, 2.24) is 4.90 Å². The van der Waals surface area contributed by atoms with Crippen LogP contribution >= 0.6 is 0 Å². The highest BCUT2D eigenvalue weighted by Gasteiger charge is 2.16. The molecule has 0 bridgehead atoms. The molecule has 0 amide bonds. The first-order chi connectivity index (χ1) is 4.63. The van der Waals surface area contributed by atoms with Gasteiger partial charge in [0, 0.05) is 6.04 Å². The van der Waals surface area contributed by atoms with Crippen molar-refractivity contribution in [3.63, 3.8) is 0 Å². The van der Waals surface area contributed by atoms with Crippen LogP contribution in [-0.2, 0) is 0 Å². The van der Waals surface area contributed by atoms with Crippen LogP contribution in [0, 0.1) is 0 Å². The SMILES string of the molecule is CCC(O)C(CC)N(C)C. The van der Waals surface area contributed by atoms with Crippen molar-refractivity contribution in [3.8, 4) is 0 Å². The Morgan fingerprint density at radius 2 is 1.70 bits per heavy atom. The predicted octanol–water partition coefficient (Wildman–Crippen LogP) is 1.10. The van der Waals surface area contributed by atoms with Gasteiger partial charge in [-0.1, -0.05) is 13.8 Å². The van der Waals surface area contributed by atoms with Crippen molar-refractivity contribution >= 4 is 0 Å². The van der Waals surface area contributed by atoms with E-state index in [1.165, 1.54) is 0 Å². The Kier molecular flexibility index (Phi) is 4.65. The number of hydrogen-bond acceptors (Lipinski definition) is 2. The first kappa shape index (κ1) is 9.92. The molecular formula is C8H19NO. The highest BCUT2D eigenvalue weighted by atomic mass is 16.3. The zero-order valence-electron chi connectivity index (χ0n) is 7.46. The molecule has 0 spiro atoms. The van der Waals surface area contributed by atoms with Crippen molar-refractivity contribution < 1.29 is 5.11 Å². The molecule has 0 saturated carbocycles. The summed E-state index contributed by atoms with van der Waals surface area (Å²) in [5.74, 6) is 0. The minimum atomic E-state index is -0.167. The van der Waals surface area contributed by atoms with Crippen LogP contribution < -0.4 is 0 Å². The summed E-state index contributed by atoms with van der Waals surface area (Å²) in [5.41, 5.74) is 0. The molecule has 62 valence electrons. The summed E-state index contributed by atoms with van der Waals surface area (Å²) in [6.45, 7) is 4.11. The monoisotopic (exact) mass is 145 g/mol. The summed E-state index contributed by atoms with van der Waals surface area (Å²) in [6, 6.07) is 0.324. The van der Waals surface area contributed by atoms with Gasteiger partial charge in [-0.3, -0.25) is 0 Å². The van der Waals surface area contributed by atoms with Crippen LogP contribution in [0.4, 0.5) is 0 Å². The second-order valence-electron chi connectivity index (χ2n) is 2.91. The van der Waals surface area contributed by atoms with Gasteiger partial charge in [-0.05, 0) is 26.9 Å². The Morgan fingerprint density at radius 1 is 1.20 bits per heavy atom. The van der Waals surface area contributed by atoms with E-state index in [1.54, 1.807) is 0 Å². The zero-order chi connectivity index (χ0) is 8.15. The van der Waals surface area contributed by atoms with Gasteiger partial charge in [0.2, 0.25) is 0 Å². The predicted molar refractivity (Wildman–Crippen MR) is 44.1 cm³/mol. The van der Waals surface area contributed by atoms with Crippen LogP contribution in [0.15, 0.2) is 0 Å². The molecule has 2 nitrogen and oxygen atoms in total. The normalized spacial score (nSPS) is 17.4. The lowest BCUT2D eigenvalue weighted by Crippen LogP contribution is -2.37. The van der Waals surface area contributed by atoms with Crippen LogP contribution in [0.3, 0.4) is 0 Å². The Labute approximate surface area is 63.8 Å². The number of likely N-dealkylation sites (N-methyl/N-ethyl adjacent to an activating group) is 1. The van der Waals surface area contributed by atoms with Gasteiger partial charge in [-0.2, -0.15) is 0 Å². The maximum absolute atomic E-state index is 9.45. The van der Waals surface area contributed by atoms with Gasteiger partial charge in [0.15, 0.2) is 0 Å². The van der Waals surface area contributed by atoms with Crippen LogP contribution in [0.5, 0.6) is 0 Å². The Balaban J connectivity index is 3.80. The Morgan fingerprint density at radius 3 is 1.80 bits per heavy atom. The molecule has 1 N–H and O–H groups in total. The minimum Gasteiger partial charge on any atom is -0.392 e. The van der Waals surface area contributed by atoms with Gasteiger partial charge >= 0.3 is 0 Å². The van der Waals surface area contributed by atoms with Gasteiger partial charge < -0.3 is 10.0 Å². The minimum absolute atomic E-state index is 0.167. The van der Waals surface area contributed by atoms with E-state index < -0.39 is 0 Å². The van der Waals surface area contributed by atoms with Crippen LogP contribution in [0.1, 0.15) is 26.7 Å². The van der Waals surface area contributed by atoms with Crippen LogP contribution in [0.2, 0.25) is 0 Å². The molecule has 0 aromatic carbocycles. The van der Waals surface area contributed by atoms with Crippen molar-refractivity contribution in [1.29, 1.82) is 0 Å². The van der Waals surface area contributed by atoms with E-state index >= 15 is 0 Å². The van der Waals surface area contributed by atoms with E-state index in [-0.39, 0.29) is 6.10 Å². The average Bonchev–Trinajstić information content (AvgIpc) is 1.88. The molecule has 0 aromatic rings. The first-order valence-corrected chi connectivity index (χ1v) is 3.97. The summed E-state index contributed by atoms with van der Waals surface area (Å²) in [5, 5.41) is 9.45. The number of hydrogen-bond donors (Lipinski definition) is 1. The first-order valence-electron chi connectivity index (χ1n) is 3.97. The van der Waals surface area contributed by atoms with Gasteiger partial charge in [-0.15, -0.1) is 0 Å². The van der Waals surface area contributed by atoms with Crippen molar-refractivity contribution in [2.24, 2.45) is 0 Å². The standard InChI is InChI=1S/C8H19NO/c1-5-7(9(3)4)8(10)6-2/h7-8,10H,5-6H2,1-4H3. The summed E-state index contributed by atoms with van der Waals surface area (Å²) in [7, 11) is 4.01. The molecule has 10 heavy (non-hydrogen) atoms. The molecule has 2 unspecified atom stereocenters. The molecule has 0 radical (unpaired) electrons. The molecule has 0 saturated heterocycles. The van der Waals surface area contributed by atoms with E-state index in [0.29, 0.717) is 6.04 Å². The van der Waals surface area contributed by atoms with Crippen LogP contribution in [0.25, 0.3) is 0 Å². The van der Waals surface area contributed by atoms with Crippen molar-refractivity contribution in [2.45, 2.75) is 38.8 Å². The fraction of sp³-hybridized carbons (Fsp3) is 1.00. The van der Waals surface area contributed by atoms with Gasteiger partial charge in [0.05, 0.1) is 6.10 Å². The number of nitrogens with zero attached hydrogens (tertiary/aromatic N) is 1. The molecule has 0 aliphatic heterocycles. The van der Waals surface area contributed by atoms with Gasteiger partial charge in [0.1, 0.15) is 0 Å². The summed E-state index contributed by atoms with van der Waals surface area (Å²) in [6.07, 6.45) is 1.69. The quantitative estimate of drug-likeness (QED) is 0.640. The lowest BCUT2D eigenvalue weighted by Gasteiger charge is -2.26. The van der Waals surface area contributed by atoms with E-state index in [4.69, 9.17) is 0 Å². The zero-order valence-corrected chi connectivity index (χ0v) is 7.46. The molecule has 2 heteroatoms. The molecular weight excluding hydrogens is 126 g/mol. The fourth-order valence-corrected chi connectivity index (χ4v) is 1.25. The molecule has 0 aliphatic carbocycles. The molecule has 0 heterocycles. The van der Waals surface area contributed by atoms with E-state index in [0.717, 1.165) is 12.8 Å². The summed E-state index contributed by atoms with van der Waals surface area (Å²) in [4.78, 5) is 2.08. The number of aliphatic hydroxyl groups excluding tert-OH is 1. The van der Waals surface area contributed by atoms with Gasteiger partial charge in [-0.25, -0.2) is 0 Å². The van der Waals surface area contributed by atoms with E-state index in [1.807, 2.05) is 21.0 Å². The second-order valence-corrected chi connectivity index (χ2v) is 2.91. The van der Waals surface area contributed by atoms with Crippen LogP contribution in [-0.4, -0.2) is 36.2 Å².